The number of hydrogen-bond acceptors (Lipinski definition) is 3. The number of carbonyl (C=O) groups excluding carboxylic acids is 1. The van der Waals surface area contributed by atoms with Crippen LogP contribution >= 0.6 is 23.2 Å². The highest BCUT2D eigenvalue weighted by molar-refractivity contribution is 6.35. The van der Waals surface area contributed by atoms with Gasteiger partial charge >= 0.3 is 0 Å². The summed E-state index contributed by atoms with van der Waals surface area (Å²) in [5.74, 6) is 1.32. The van der Waals surface area contributed by atoms with E-state index in [0.29, 0.717) is 28.1 Å². The molecule has 0 radical (unpaired) electrons. The maximum absolute atomic E-state index is 12.3. The van der Waals surface area contributed by atoms with Crippen LogP contribution in [0.3, 0.4) is 0 Å². The first-order chi connectivity index (χ1) is 11.6. The Kier molecular flexibility index (Phi) is 5.82. The number of amides is 1. The van der Waals surface area contributed by atoms with Crippen LogP contribution in [0, 0.1) is 5.92 Å². The second-order valence-corrected chi connectivity index (χ2v) is 6.98. The van der Waals surface area contributed by atoms with Gasteiger partial charge in [-0.05, 0) is 62.2 Å². The normalized spacial score (nSPS) is 16.2. The number of benzene rings is 1. The molecule has 0 aliphatic carbocycles. The third-order valence-corrected chi connectivity index (χ3v) is 4.96. The first kappa shape index (κ1) is 17.3. The standard InChI is InChI=1S/C18H20Cl2N2O2/c19-14-3-4-17(20)16(10-14)18(23)21-11-13-5-7-22(8-6-13)12-15-2-1-9-24-15/h1-4,9-10,13H,5-8,11-12H2,(H,21,23). The Hall–Kier alpha value is -1.49. The molecule has 1 aromatic carbocycles. The maximum atomic E-state index is 12.3. The van der Waals surface area contributed by atoms with Gasteiger partial charge in [-0.25, -0.2) is 0 Å². The van der Waals surface area contributed by atoms with E-state index in [4.69, 9.17) is 27.6 Å². The lowest BCUT2D eigenvalue weighted by molar-refractivity contribution is 0.0934. The van der Waals surface area contributed by atoms with Crippen molar-refractivity contribution in [1.29, 1.82) is 0 Å². The summed E-state index contributed by atoms with van der Waals surface area (Å²) in [6.07, 6.45) is 3.83. The van der Waals surface area contributed by atoms with E-state index in [2.05, 4.69) is 10.2 Å². The van der Waals surface area contributed by atoms with E-state index in [-0.39, 0.29) is 5.91 Å². The molecule has 24 heavy (non-hydrogen) atoms. The van der Waals surface area contributed by atoms with Crippen LogP contribution in [-0.2, 0) is 6.54 Å². The molecule has 1 aliphatic rings. The van der Waals surface area contributed by atoms with Gasteiger partial charge < -0.3 is 9.73 Å². The summed E-state index contributed by atoms with van der Waals surface area (Å²) >= 11 is 12.0. The minimum absolute atomic E-state index is 0.166. The predicted octanol–water partition coefficient (Wildman–Crippen LogP) is 4.23. The Bertz CT molecular complexity index is 680. The molecule has 1 fully saturated rings. The van der Waals surface area contributed by atoms with E-state index in [9.17, 15) is 4.79 Å². The fourth-order valence-electron chi connectivity index (χ4n) is 2.98. The number of piperidine rings is 1. The molecule has 1 saturated heterocycles. The lowest BCUT2D eigenvalue weighted by Gasteiger charge is -2.31. The Morgan fingerprint density at radius 1 is 1.25 bits per heavy atom. The van der Waals surface area contributed by atoms with E-state index >= 15 is 0 Å². The number of rotatable bonds is 5. The van der Waals surface area contributed by atoms with Crippen LogP contribution < -0.4 is 5.32 Å². The highest BCUT2D eigenvalue weighted by Crippen LogP contribution is 2.22. The van der Waals surface area contributed by atoms with Crippen LogP contribution in [0.5, 0.6) is 0 Å². The summed E-state index contributed by atoms with van der Waals surface area (Å²) in [6.45, 7) is 3.54. The Morgan fingerprint density at radius 3 is 2.75 bits per heavy atom. The van der Waals surface area contributed by atoms with Gasteiger partial charge in [-0.1, -0.05) is 23.2 Å². The van der Waals surface area contributed by atoms with Crippen molar-refractivity contribution in [2.45, 2.75) is 19.4 Å². The Labute approximate surface area is 151 Å². The third-order valence-electron chi connectivity index (χ3n) is 4.39. The number of hydrogen-bond donors (Lipinski definition) is 1. The minimum Gasteiger partial charge on any atom is -0.468 e. The largest absolute Gasteiger partial charge is 0.468 e. The molecular formula is C18H20Cl2N2O2. The first-order valence-corrected chi connectivity index (χ1v) is 8.85. The molecule has 0 saturated carbocycles. The van der Waals surface area contributed by atoms with Crippen LogP contribution in [0.4, 0.5) is 0 Å². The minimum atomic E-state index is -0.166. The molecule has 1 N–H and O–H groups in total. The van der Waals surface area contributed by atoms with E-state index in [1.807, 2.05) is 12.1 Å². The second-order valence-electron chi connectivity index (χ2n) is 6.13. The van der Waals surface area contributed by atoms with E-state index in [1.54, 1.807) is 24.5 Å². The first-order valence-electron chi connectivity index (χ1n) is 8.10. The molecule has 0 unspecified atom stereocenters. The van der Waals surface area contributed by atoms with Crippen molar-refractivity contribution in [3.8, 4) is 0 Å². The number of likely N-dealkylation sites (tertiary alicyclic amines) is 1. The van der Waals surface area contributed by atoms with Crippen molar-refractivity contribution in [2.24, 2.45) is 5.92 Å². The molecule has 1 aliphatic heterocycles. The highest BCUT2D eigenvalue weighted by Gasteiger charge is 2.21. The summed E-state index contributed by atoms with van der Waals surface area (Å²) in [5.41, 5.74) is 0.430. The summed E-state index contributed by atoms with van der Waals surface area (Å²) in [5, 5.41) is 3.91. The van der Waals surface area contributed by atoms with Crippen molar-refractivity contribution in [2.75, 3.05) is 19.6 Å². The smallest absolute Gasteiger partial charge is 0.252 e. The lowest BCUT2D eigenvalue weighted by Crippen LogP contribution is -2.38. The topological polar surface area (TPSA) is 45.5 Å². The van der Waals surface area contributed by atoms with Gasteiger partial charge in [0.05, 0.1) is 23.4 Å². The molecule has 0 bridgehead atoms. The molecule has 1 aromatic heterocycles. The molecule has 0 atom stereocenters. The van der Waals surface area contributed by atoms with Gasteiger partial charge in [-0.2, -0.15) is 0 Å². The summed E-state index contributed by atoms with van der Waals surface area (Å²) < 4.78 is 5.39. The van der Waals surface area contributed by atoms with Crippen molar-refractivity contribution >= 4 is 29.1 Å². The fraction of sp³-hybridized carbons (Fsp3) is 0.389. The Morgan fingerprint density at radius 2 is 2.04 bits per heavy atom. The van der Waals surface area contributed by atoms with E-state index < -0.39 is 0 Å². The molecule has 2 heterocycles. The summed E-state index contributed by atoms with van der Waals surface area (Å²) in [7, 11) is 0. The van der Waals surface area contributed by atoms with Crippen molar-refractivity contribution in [3.63, 3.8) is 0 Å². The van der Waals surface area contributed by atoms with Crippen LogP contribution in [0.1, 0.15) is 29.0 Å². The molecule has 2 aromatic rings. The molecule has 128 valence electrons. The summed E-state index contributed by atoms with van der Waals surface area (Å²) in [4.78, 5) is 14.6. The molecule has 3 rings (SSSR count). The zero-order valence-electron chi connectivity index (χ0n) is 13.3. The fourth-order valence-corrected chi connectivity index (χ4v) is 3.35. The lowest BCUT2D eigenvalue weighted by atomic mass is 9.96. The third kappa shape index (κ3) is 4.53. The van der Waals surface area contributed by atoms with Crippen LogP contribution in [0.15, 0.2) is 41.0 Å². The molecule has 1 amide bonds. The predicted molar refractivity (Wildman–Crippen MR) is 95.5 cm³/mol. The van der Waals surface area contributed by atoms with Crippen molar-refractivity contribution in [3.05, 3.63) is 58.0 Å². The van der Waals surface area contributed by atoms with Gasteiger partial charge in [0.1, 0.15) is 5.76 Å². The number of carbonyl (C=O) groups is 1. The van der Waals surface area contributed by atoms with E-state index in [0.717, 1.165) is 38.2 Å². The van der Waals surface area contributed by atoms with Crippen LogP contribution in [0.2, 0.25) is 10.0 Å². The van der Waals surface area contributed by atoms with Gasteiger partial charge in [0.25, 0.3) is 5.91 Å². The summed E-state index contributed by atoms with van der Waals surface area (Å²) in [6, 6.07) is 8.84. The molecule has 6 heteroatoms. The SMILES string of the molecule is O=C(NCC1CCN(Cc2ccco2)CC1)c1cc(Cl)ccc1Cl. The number of nitrogens with one attached hydrogen (secondary N) is 1. The van der Waals surface area contributed by atoms with Crippen molar-refractivity contribution < 1.29 is 9.21 Å². The maximum Gasteiger partial charge on any atom is 0.252 e. The molecular weight excluding hydrogens is 347 g/mol. The number of halogens is 2. The van der Waals surface area contributed by atoms with Gasteiger partial charge in [-0.3, -0.25) is 9.69 Å². The monoisotopic (exact) mass is 366 g/mol. The van der Waals surface area contributed by atoms with Gasteiger partial charge in [0.15, 0.2) is 0 Å². The van der Waals surface area contributed by atoms with Gasteiger partial charge in [0.2, 0.25) is 0 Å². The highest BCUT2D eigenvalue weighted by atomic mass is 35.5. The van der Waals surface area contributed by atoms with Gasteiger partial charge in [-0.15, -0.1) is 0 Å². The van der Waals surface area contributed by atoms with Crippen molar-refractivity contribution in [1.82, 2.24) is 10.2 Å². The average Bonchev–Trinajstić information content (AvgIpc) is 3.09. The van der Waals surface area contributed by atoms with E-state index in [1.165, 1.54) is 0 Å². The zero-order chi connectivity index (χ0) is 16.9. The number of nitrogens with zero attached hydrogens (tertiary/aromatic N) is 1. The average molecular weight is 367 g/mol. The number of furan rings is 1. The van der Waals surface area contributed by atoms with Gasteiger partial charge in [0, 0.05) is 11.6 Å². The second kappa shape index (κ2) is 8.06. The van der Waals surface area contributed by atoms with Crippen LogP contribution in [-0.4, -0.2) is 30.4 Å². The Balaban J connectivity index is 1.44. The zero-order valence-corrected chi connectivity index (χ0v) is 14.8. The van der Waals surface area contributed by atoms with Crippen LogP contribution in [0.25, 0.3) is 0 Å². The molecule has 4 nitrogen and oxygen atoms in total. The molecule has 0 spiro atoms. The quantitative estimate of drug-likeness (QED) is 0.860.